The molecule has 0 bridgehead atoms. The van der Waals surface area contributed by atoms with Crippen LogP contribution in [0.25, 0.3) is 0 Å². The summed E-state index contributed by atoms with van der Waals surface area (Å²) in [5, 5.41) is 70.6. The quantitative estimate of drug-likeness (QED) is 0.00437. The summed E-state index contributed by atoms with van der Waals surface area (Å²) in [5.41, 5.74) is 8.07. The molecule has 736 valence electrons. The molecule has 1 saturated heterocycles. The Kier molecular flexibility index (Phi) is 50.5. The van der Waals surface area contributed by atoms with Crippen molar-refractivity contribution in [2.75, 3.05) is 58.1 Å². The van der Waals surface area contributed by atoms with E-state index in [0.717, 1.165) is 52.3 Å². The van der Waals surface area contributed by atoms with Crippen LogP contribution >= 0.6 is 45.1 Å². The number of likely N-dealkylation sites (N-methyl/N-ethyl adjacent to an activating group) is 1. The number of nitrogens with zero attached hydrogens (tertiary/aromatic N) is 3. The molecule has 43 heteroatoms. The number of piperidine rings is 1. The number of phenols is 1. The first kappa shape index (κ1) is 113. The van der Waals surface area contributed by atoms with E-state index in [1.54, 1.807) is 79.7 Å². The number of thiocarbonyl (C=S) groups is 1. The van der Waals surface area contributed by atoms with E-state index < -0.39 is 212 Å². The number of likely N-dealkylation sites (tertiary alicyclic amines) is 1. The van der Waals surface area contributed by atoms with Gasteiger partial charge in [-0.15, -0.1) is 11.3 Å². The first-order valence-electron chi connectivity index (χ1n) is 44.4. The van der Waals surface area contributed by atoms with E-state index in [0.29, 0.717) is 36.0 Å². The summed E-state index contributed by atoms with van der Waals surface area (Å²) in [5.74, 6) is -18.1. The number of ketones is 4. The van der Waals surface area contributed by atoms with Crippen LogP contribution in [0.2, 0.25) is 0 Å². The van der Waals surface area contributed by atoms with Crippen LogP contribution in [0.1, 0.15) is 196 Å². The molecular weight excluding hydrogens is 1820 g/mol. The number of carbonyl (C=O) groups excluding carboxylic acids is 14. The molecule has 1 unspecified atom stereocenters. The summed E-state index contributed by atoms with van der Waals surface area (Å²) < 4.78 is 21.7. The zero-order valence-electron chi connectivity index (χ0n) is 76.5. The van der Waals surface area contributed by atoms with Crippen molar-refractivity contribution in [3.63, 3.8) is 0 Å². The van der Waals surface area contributed by atoms with Gasteiger partial charge in [0, 0.05) is 118 Å². The number of phenolic OH excluding ortho intramolecular Hbond substituents is 1. The number of nitrogens with one attached hydrogen (secondary N) is 8. The lowest BCUT2D eigenvalue weighted by Gasteiger charge is -2.39. The van der Waals surface area contributed by atoms with Gasteiger partial charge in [-0.3, -0.25) is 81.6 Å². The highest BCUT2D eigenvalue weighted by Gasteiger charge is 2.41. The number of aliphatic carboxylic acids is 4. The van der Waals surface area contributed by atoms with Gasteiger partial charge in [-0.25, -0.2) is 14.6 Å². The number of alkyl carbamates (subject to hydrolysis) is 1. The van der Waals surface area contributed by atoms with Crippen LogP contribution in [0.3, 0.4) is 0 Å². The standard InChI is InChI=1S/C91H126N12O27S4/c1-9-19-82(117)128-51-103(87(121)64(54(5)10-2)44-74(109)70-24-17-18-35-102(70)8)71(53(3)4)46-76(130-56(7)105)86-99-69(50-132-86)85(120)96-62(40-59-25-27-63(106)28-26-59)38-55(6)75(110)48-95-91(126)127-36-37-133-134-49-61(88(122)123)43-73(108)68(45-81(115)116)98-84(119)65(92)47-94-83(118)60(39-57-20-13-11-14-21-57)42-72(107)67(41-58-22-15-12-16-23-58)97-78(112)33-34-93-77(111)30-29-66(89(124)125)100-90(131)101-79(129-52-104)31-32-80(113)114/h11-16,20-23,25-28,50,52-55,60-62,64-68,70-71,76,79,106H,9-10,17-19,24,29-49,51,92H2,1-8H3,(H,93,111)(H,94,118)(H,95,126)(H,96,120)(H,97,112)(H,98,119)(H,113,114)(H,115,116)(H,122,123)(H,124,125)(H2,100,101,131)/t54?,55-,60+,61+,62+,64-,65-,66-,67-,68-,70+,71+,76-,79+/m0/s1. The summed E-state index contributed by atoms with van der Waals surface area (Å²) in [6.45, 7) is 11.0. The van der Waals surface area contributed by atoms with Crippen LogP contribution < -0.4 is 48.3 Å². The Balaban J connectivity index is 1.14. The smallest absolute Gasteiger partial charge is 0.407 e. The molecule has 4 aromatic rings. The third-order valence-corrected chi connectivity index (χ3v) is 25.9. The fraction of sp³-hybridized carbons (Fsp3) is 0.560. The molecule has 2 heterocycles. The Morgan fingerprint density at radius 2 is 1.32 bits per heavy atom. The van der Waals surface area contributed by atoms with Crippen LogP contribution in [0, 0.1) is 35.5 Å². The Labute approximate surface area is 795 Å². The van der Waals surface area contributed by atoms with E-state index in [1.165, 1.54) is 29.3 Å². The molecule has 0 radical (unpaired) electrons. The number of thiazole rings is 1. The SMILES string of the molecule is CCCC(=O)OCN(C(=O)[C@@H](CC(=O)[C@H]1CCCCN1C)C(C)CC)[C@H](C[C@H](OC(C)=O)c1nc(C(=O)N[C@@H](Cc2ccc(O)cc2)C[C@H](C)C(=O)CNC(=O)OCCSSC[C@@H](CC(=O)[C@H](CC(=O)O)NC(=O)[C@@H](N)CNC(=O)[C@@H](CC(=O)[C@H](Cc2ccccc2)NC(=O)CCNC(=O)CC[C@H](NC(=S)N[C@@H](CCC(=O)O)OC=O)C(=O)O)Cc2ccccc2)C(=O)O)cs1)C(C)C. The predicted octanol–water partition coefficient (Wildman–Crippen LogP) is 6.32. The molecule has 0 saturated carbocycles. The number of Topliss-reactive ketones (excluding diaryl/α,β-unsaturated/α-hetero) is 4. The van der Waals surface area contributed by atoms with Crippen LogP contribution in [0.5, 0.6) is 5.75 Å². The summed E-state index contributed by atoms with van der Waals surface area (Å²) >= 11 is 6.13. The van der Waals surface area contributed by atoms with Crippen LogP contribution in [-0.4, -0.2) is 259 Å². The Morgan fingerprint density at radius 1 is 0.664 bits per heavy atom. The van der Waals surface area contributed by atoms with Gasteiger partial charge in [0.1, 0.15) is 35.1 Å². The van der Waals surface area contributed by atoms with Crippen molar-refractivity contribution in [2.24, 2.45) is 41.2 Å². The van der Waals surface area contributed by atoms with Gasteiger partial charge in [-0.1, -0.05) is 149 Å². The van der Waals surface area contributed by atoms with E-state index in [2.05, 4.69) is 47.5 Å². The molecule has 1 aliphatic rings. The van der Waals surface area contributed by atoms with E-state index in [4.69, 9.17) is 42.0 Å². The van der Waals surface area contributed by atoms with Gasteiger partial charge in [0.25, 0.3) is 12.4 Å². The minimum Gasteiger partial charge on any atom is -0.508 e. The van der Waals surface area contributed by atoms with Crippen molar-refractivity contribution >= 4 is 157 Å². The highest BCUT2D eigenvalue weighted by Crippen LogP contribution is 2.35. The van der Waals surface area contributed by atoms with Crippen molar-refractivity contribution in [1.82, 2.24) is 57.3 Å². The van der Waals surface area contributed by atoms with Crippen molar-refractivity contribution in [3.05, 3.63) is 118 Å². The van der Waals surface area contributed by atoms with Gasteiger partial charge in [0.15, 0.2) is 47.3 Å². The minimum absolute atomic E-state index is 0.0175. The molecule has 3 aromatic carbocycles. The summed E-state index contributed by atoms with van der Waals surface area (Å²) in [7, 11) is 3.94. The van der Waals surface area contributed by atoms with Crippen molar-refractivity contribution in [1.29, 1.82) is 0 Å². The normalized spacial score (nSPS) is 15.4. The molecule has 0 spiro atoms. The maximum atomic E-state index is 15.1. The number of carbonyl (C=O) groups is 18. The topological polar surface area (TPSA) is 587 Å². The highest BCUT2D eigenvalue weighted by molar-refractivity contribution is 8.76. The summed E-state index contributed by atoms with van der Waals surface area (Å²) in [4.78, 5) is 245. The third-order valence-electron chi connectivity index (χ3n) is 22.3. The molecule has 1 aromatic heterocycles. The number of aromatic hydroxyl groups is 1. The van der Waals surface area contributed by atoms with E-state index in [-0.39, 0.29) is 147 Å². The molecule has 134 heavy (non-hydrogen) atoms. The zero-order valence-corrected chi connectivity index (χ0v) is 79.7. The Hall–Kier alpha value is -11.5. The molecular formula is C91H126N12O27S4. The Bertz CT molecular complexity index is 4590. The second-order valence-electron chi connectivity index (χ2n) is 33.2. The molecule has 15 N–H and O–H groups in total. The van der Waals surface area contributed by atoms with Gasteiger partial charge >= 0.3 is 41.9 Å². The van der Waals surface area contributed by atoms with E-state index in [1.807, 2.05) is 46.6 Å². The van der Waals surface area contributed by atoms with Crippen LogP contribution in [-0.2, 0) is 115 Å². The highest BCUT2D eigenvalue weighted by atomic mass is 33.1. The number of benzene rings is 3. The van der Waals surface area contributed by atoms with Gasteiger partial charge in [-0.2, -0.15) is 0 Å². The average molecular weight is 1950 g/mol. The lowest BCUT2D eigenvalue weighted by Crippen LogP contribution is -2.53. The number of esters is 2. The number of carboxylic acid groups (broad SMARTS) is 4. The summed E-state index contributed by atoms with van der Waals surface area (Å²) in [6, 6.07) is 15.3. The lowest BCUT2D eigenvalue weighted by atomic mass is 9.82. The van der Waals surface area contributed by atoms with Gasteiger partial charge in [0.05, 0.1) is 43.4 Å². The molecule has 5 rings (SSSR count). The van der Waals surface area contributed by atoms with Crippen LogP contribution in [0.4, 0.5) is 4.79 Å². The number of rotatable bonds is 64. The predicted molar refractivity (Wildman–Crippen MR) is 498 cm³/mol. The second kappa shape index (κ2) is 60.0. The van der Waals surface area contributed by atoms with E-state index in [9.17, 15) is 102 Å². The minimum atomic E-state index is -1.80. The number of nitrogens with two attached hydrogens (primary N) is 1. The van der Waals surface area contributed by atoms with Gasteiger partial charge in [0.2, 0.25) is 29.5 Å². The molecule has 14 atom stereocenters. The van der Waals surface area contributed by atoms with Crippen LogP contribution in [0.15, 0.2) is 90.3 Å². The maximum Gasteiger partial charge on any atom is 0.407 e. The fourth-order valence-corrected chi connectivity index (χ4v) is 17.9. The van der Waals surface area contributed by atoms with Crippen molar-refractivity contribution in [3.8, 4) is 5.75 Å². The van der Waals surface area contributed by atoms with Crippen molar-refractivity contribution < 1.29 is 131 Å². The fourth-order valence-electron chi connectivity index (χ4n) is 14.6. The molecule has 0 aliphatic carbocycles. The van der Waals surface area contributed by atoms with E-state index >= 15 is 4.79 Å². The zero-order chi connectivity index (χ0) is 99.1. The number of carboxylic acids is 4. The number of ether oxygens (including phenoxy) is 4. The first-order chi connectivity index (χ1) is 63.7. The monoisotopic (exact) mass is 1950 g/mol. The lowest BCUT2D eigenvalue weighted by molar-refractivity contribution is -0.162. The molecule has 7 amide bonds. The number of hydrogen-bond donors (Lipinski definition) is 14. The molecule has 1 aliphatic heterocycles. The van der Waals surface area contributed by atoms with Gasteiger partial charge < -0.3 is 97.6 Å². The van der Waals surface area contributed by atoms with Crippen molar-refractivity contribution in [2.45, 2.75) is 232 Å². The number of aromatic nitrogens is 1. The Morgan fingerprint density at radius 3 is 1.93 bits per heavy atom. The van der Waals surface area contributed by atoms with Gasteiger partial charge in [-0.05, 0) is 118 Å². The first-order valence-corrected chi connectivity index (χ1v) is 48.1. The molecule has 1 fully saturated rings. The molecule has 39 nitrogen and oxygen atoms in total. The third kappa shape index (κ3) is 41.9. The number of amides is 7. The second-order valence-corrected chi connectivity index (χ2v) is 37.1. The summed E-state index contributed by atoms with van der Waals surface area (Å²) in [6.07, 6.45) is -3.50. The number of hydrogen-bond acceptors (Lipinski definition) is 30. The average Bonchev–Trinajstić information content (AvgIpc) is 1.51. The maximum absolute atomic E-state index is 15.1. The largest absolute Gasteiger partial charge is 0.508 e.